The monoisotopic (exact) mass is 300 g/mol. The molecule has 2 aromatic rings. The molecule has 1 aromatic heterocycles. The molecule has 0 aliphatic heterocycles. The van der Waals surface area contributed by atoms with E-state index in [0.717, 1.165) is 18.2 Å². The number of rotatable bonds is 4. The highest BCUT2D eigenvalue weighted by atomic mass is 35.5. The summed E-state index contributed by atoms with van der Waals surface area (Å²) in [4.78, 5) is 11.4. The molecule has 0 amide bonds. The second kappa shape index (κ2) is 5.96. The van der Waals surface area contributed by atoms with Crippen LogP contribution in [0, 0.1) is 11.6 Å². The van der Waals surface area contributed by atoms with Crippen molar-refractivity contribution < 1.29 is 13.5 Å². The maximum Gasteiger partial charge on any atom is 0.322 e. The molecule has 0 radical (unpaired) electrons. The van der Waals surface area contributed by atoms with Crippen LogP contribution in [-0.4, -0.2) is 21.1 Å². The van der Waals surface area contributed by atoms with Crippen molar-refractivity contribution in [3.63, 3.8) is 0 Å². The standard InChI is InChI=1S/C12H11ClF2N4O/c1-6(2)20-12-18-10(13)17-11(19-12)16-9-5-7(14)3-4-8(9)15/h3-6H,1-2H3,(H,16,17,18,19). The van der Waals surface area contributed by atoms with Crippen LogP contribution in [0.15, 0.2) is 18.2 Å². The number of anilines is 2. The molecule has 8 heteroatoms. The smallest absolute Gasteiger partial charge is 0.322 e. The summed E-state index contributed by atoms with van der Waals surface area (Å²) in [5.41, 5.74) is -0.109. The first-order valence-corrected chi connectivity index (χ1v) is 6.12. The quantitative estimate of drug-likeness (QED) is 0.938. The van der Waals surface area contributed by atoms with Gasteiger partial charge < -0.3 is 10.1 Å². The van der Waals surface area contributed by atoms with E-state index < -0.39 is 11.6 Å². The van der Waals surface area contributed by atoms with Crippen LogP contribution in [0.5, 0.6) is 6.01 Å². The first kappa shape index (κ1) is 14.4. The molecule has 0 aliphatic rings. The zero-order valence-corrected chi connectivity index (χ0v) is 11.4. The molecule has 5 nitrogen and oxygen atoms in total. The van der Waals surface area contributed by atoms with Crippen molar-refractivity contribution in [2.45, 2.75) is 20.0 Å². The molecule has 1 heterocycles. The Balaban J connectivity index is 2.28. The van der Waals surface area contributed by atoms with Crippen LogP contribution >= 0.6 is 11.6 Å². The fourth-order valence-electron chi connectivity index (χ4n) is 1.37. The molecular weight excluding hydrogens is 290 g/mol. The highest BCUT2D eigenvalue weighted by Gasteiger charge is 2.10. The fraction of sp³-hybridized carbons (Fsp3) is 0.250. The van der Waals surface area contributed by atoms with Crippen LogP contribution in [0.1, 0.15) is 13.8 Å². The van der Waals surface area contributed by atoms with E-state index in [1.54, 1.807) is 13.8 Å². The van der Waals surface area contributed by atoms with Crippen LogP contribution < -0.4 is 10.1 Å². The predicted octanol–water partition coefficient (Wildman–Crippen LogP) is 3.33. The molecule has 2 rings (SSSR count). The number of nitrogens with zero attached hydrogens (tertiary/aromatic N) is 3. The van der Waals surface area contributed by atoms with Crippen LogP contribution in [0.3, 0.4) is 0 Å². The van der Waals surface area contributed by atoms with Gasteiger partial charge in [0.25, 0.3) is 0 Å². The normalized spacial score (nSPS) is 10.7. The molecule has 0 saturated carbocycles. The number of ether oxygens (including phenoxy) is 1. The molecule has 0 spiro atoms. The largest absolute Gasteiger partial charge is 0.461 e. The zero-order valence-electron chi connectivity index (χ0n) is 10.7. The first-order valence-electron chi connectivity index (χ1n) is 5.74. The van der Waals surface area contributed by atoms with E-state index in [1.165, 1.54) is 0 Å². The van der Waals surface area contributed by atoms with Gasteiger partial charge in [-0.05, 0) is 37.6 Å². The summed E-state index contributed by atoms with van der Waals surface area (Å²) in [5.74, 6) is -1.27. The topological polar surface area (TPSA) is 59.9 Å². The minimum absolute atomic E-state index is 0.000638. The van der Waals surface area contributed by atoms with Gasteiger partial charge in [0, 0.05) is 6.07 Å². The second-order valence-electron chi connectivity index (χ2n) is 4.13. The maximum atomic E-state index is 13.5. The lowest BCUT2D eigenvalue weighted by Gasteiger charge is -2.10. The van der Waals surface area contributed by atoms with E-state index in [4.69, 9.17) is 16.3 Å². The van der Waals surface area contributed by atoms with Gasteiger partial charge in [-0.1, -0.05) is 0 Å². The molecule has 0 bridgehead atoms. The average Bonchev–Trinajstić information content (AvgIpc) is 2.32. The second-order valence-corrected chi connectivity index (χ2v) is 4.46. The van der Waals surface area contributed by atoms with Crippen LogP contribution in [0.2, 0.25) is 5.28 Å². The lowest BCUT2D eigenvalue weighted by atomic mass is 10.3. The molecule has 0 fully saturated rings. The van der Waals surface area contributed by atoms with Crippen molar-refractivity contribution in [3.05, 3.63) is 35.1 Å². The highest BCUT2D eigenvalue weighted by Crippen LogP contribution is 2.20. The fourth-order valence-corrected chi connectivity index (χ4v) is 1.52. The highest BCUT2D eigenvalue weighted by molar-refractivity contribution is 6.28. The molecule has 0 saturated heterocycles. The number of hydrogen-bond donors (Lipinski definition) is 1. The van der Waals surface area contributed by atoms with E-state index in [2.05, 4.69) is 20.3 Å². The van der Waals surface area contributed by atoms with Gasteiger partial charge in [-0.15, -0.1) is 0 Å². The van der Waals surface area contributed by atoms with Gasteiger partial charge in [-0.3, -0.25) is 0 Å². The minimum Gasteiger partial charge on any atom is -0.461 e. The van der Waals surface area contributed by atoms with Crippen molar-refractivity contribution in [1.29, 1.82) is 0 Å². The van der Waals surface area contributed by atoms with Gasteiger partial charge in [-0.25, -0.2) is 8.78 Å². The Morgan fingerprint density at radius 1 is 1.20 bits per heavy atom. The Kier molecular flexibility index (Phi) is 4.29. The number of nitrogens with one attached hydrogen (secondary N) is 1. The van der Waals surface area contributed by atoms with E-state index in [9.17, 15) is 8.78 Å². The minimum atomic E-state index is -0.644. The Labute approximate surface area is 119 Å². The number of hydrogen-bond acceptors (Lipinski definition) is 5. The third kappa shape index (κ3) is 3.74. The summed E-state index contributed by atoms with van der Waals surface area (Å²) in [7, 11) is 0. The predicted molar refractivity (Wildman–Crippen MR) is 70.2 cm³/mol. The van der Waals surface area contributed by atoms with Gasteiger partial charge in [0.15, 0.2) is 0 Å². The van der Waals surface area contributed by atoms with Crippen molar-refractivity contribution in [2.24, 2.45) is 0 Å². The molecule has 0 aliphatic carbocycles. The average molecular weight is 301 g/mol. The van der Waals surface area contributed by atoms with Gasteiger partial charge in [-0.2, -0.15) is 15.0 Å². The van der Waals surface area contributed by atoms with E-state index in [0.29, 0.717) is 0 Å². The molecule has 0 unspecified atom stereocenters. The van der Waals surface area contributed by atoms with Crippen LogP contribution in [0.4, 0.5) is 20.4 Å². The van der Waals surface area contributed by atoms with Gasteiger partial charge in [0.1, 0.15) is 11.6 Å². The van der Waals surface area contributed by atoms with E-state index >= 15 is 0 Å². The number of aromatic nitrogens is 3. The summed E-state index contributed by atoms with van der Waals surface area (Å²) in [6, 6.07) is 2.98. The van der Waals surface area contributed by atoms with E-state index in [-0.39, 0.29) is 29.0 Å². The number of halogens is 3. The lowest BCUT2D eigenvalue weighted by molar-refractivity contribution is 0.222. The van der Waals surface area contributed by atoms with Crippen molar-refractivity contribution in [2.75, 3.05) is 5.32 Å². The third-order valence-electron chi connectivity index (χ3n) is 2.10. The Morgan fingerprint density at radius 2 is 1.95 bits per heavy atom. The van der Waals surface area contributed by atoms with Crippen molar-refractivity contribution in [1.82, 2.24) is 15.0 Å². The molecule has 106 valence electrons. The third-order valence-corrected chi connectivity index (χ3v) is 2.27. The zero-order chi connectivity index (χ0) is 14.7. The van der Waals surface area contributed by atoms with Crippen molar-refractivity contribution >= 4 is 23.2 Å². The molecular formula is C12H11ClF2N4O. The molecule has 0 atom stereocenters. The van der Waals surface area contributed by atoms with Crippen molar-refractivity contribution in [3.8, 4) is 6.01 Å². The molecule has 20 heavy (non-hydrogen) atoms. The lowest BCUT2D eigenvalue weighted by Crippen LogP contribution is -2.10. The molecule has 1 N–H and O–H groups in total. The summed E-state index contributed by atoms with van der Waals surface area (Å²) in [6.45, 7) is 3.58. The van der Waals surface area contributed by atoms with Gasteiger partial charge in [0.2, 0.25) is 11.2 Å². The summed E-state index contributed by atoms with van der Waals surface area (Å²) in [5, 5.41) is 2.41. The Bertz CT molecular complexity index is 624. The van der Waals surface area contributed by atoms with Gasteiger partial charge >= 0.3 is 6.01 Å². The summed E-state index contributed by atoms with van der Waals surface area (Å²) >= 11 is 5.72. The number of benzene rings is 1. The SMILES string of the molecule is CC(C)Oc1nc(Cl)nc(Nc2cc(F)ccc2F)n1. The summed E-state index contributed by atoms with van der Waals surface area (Å²) in [6.07, 6.45) is -0.160. The van der Waals surface area contributed by atoms with Crippen LogP contribution in [-0.2, 0) is 0 Å². The summed E-state index contributed by atoms with van der Waals surface area (Å²) < 4.78 is 31.8. The Hall–Kier alpha value is -2.02. The Morgan fingerprint density at radius 3 is 2.65 bits per heavy atom. The van der Waals surface area contributed by atoms with Crippen LogP contribution in [0.25, 0.3) is 0 Å². The van der Waals surface area contributed by atoms with Gasteiger partial charge in [0.05, 0.1) is 11.8 Å². The van der Waals surface area contributed by atoms with E-state index in [1.807, 2.05) is 0 Å². The first-order chi connectivity index (χ1) is 9.44. The maximum absolute atomic E-state index is 13.5. The molecule has 1 aromatic carbocycles.